The van der Waals surface area contributed by atoms with E-state index in [4.69, 9.17) is 0 Å². The van der Waals surface area contributed by atoms with Gasteiger partial charge in [-0.1, -0.05) is 0 Å². The van der Waals surface area contributed by atoms with Crippen molar-refractivity contribution in [3.63, 3.8) is 0 Å². The zero-order chi connectivity index (χ0) is 13.9. The van der Waals surface area contributed by atoms with Crippen LogP contribution in [-0.2, 0) is 10.0 Å². The first-order valence-corrected chi connectivity index (χ1v) is 6.57. The molecule has 0 aromatic carbocycles. The van der Waals surface area contributed by atoms with E-state index in [0.717, 1.165) is 12.3 Å². The number of amides is 1. The fraction of sp³-hybridized carbons (Fsp3) is 0. The van der Waals surface area contributed by atoms with Gasteiger partial charge < -0.3 is 0 Å². The van der Waals surface area contributed by atoms with E-state index in [2.05, 4.69) is 9.97 Å². The highest BCUT2D eigenvalue weighted by Gasteiger charge is 2.23. The summed E-state index contributed by atoms with van der Waals surface area (Å²) >= 11 is 0. The summed E-state index contributed by atoms with van der Waals surface area (Å²) in [5.41, 5.74) is 0.0439. The average molecular weight is 281 g/mol. The molecule has 0 saturated heterocycles. The number of sulfonamides is 1. The van der Waals surface area contributed by atoms with Gasteiger partial charge in [-0.25, -0.2) is 14.1 Å². The summed E-state index contributed by atoms with van der Waals surface area (Å²) in [6.07, 6.45) is 3.75. The Hall–Kier alpha value is -2.35. The second kappa shape index (κ2) is 5.11. The third-order valence-corrected chi connectivity index (χ3v) is 3.39. The molecule has 2 aromatic heterocycles. The first-order chi connectivity index (χ1) is 9.00. The van der Waals surface area contributed by atoms with E-state index in [-0.39, 0.29) is 5.56 Å². The van der Waals surface area contributed by atoms with Gasteiger partial charge in [-0.15, -0.1) is 0 Å². The van der Waals surface area contributed by atoms with E-state index in [1.54, 1.807) is 4.72 Å². The summed E-state index contributed by atoms with van der Waals surface area (Å²) in [5, 5.41) is -0.827. The molecule has 0 saturated carbocycles. The number of nitrogens with zero attached hydrogens (tertiary/aromatic N) is 2. The fourth-order valence-corrected chi connectivity index (χ4v) is 2.28. The third kappa shape index (κ3) is 2.91. The van der Waals surface area contributed by atoms with Crippen LogP contribution in [-0.4, -0.2) is 24.3 Å². The van der Waals surface area contributed by atoms with Gasteiger partial charge in [0.2, 0.25) is 5.03 Å². The topological polar surface area (TPSA) is 89.0 Å². The molecule has 0 fully saturated rings. The van der Waals surface area contributed by atoms with Crippen LogP contribution in [0.5, 0.6) is 0 Å². The Labute approximate surface area is 108 Å². The van der Waals surface area contributed by atoms with Crippen molar-refractivity contribution in [1.29, 1.82) is 0 Å². The van der Waals surface area contributed by atoms with Gasteiger partial charge in [-0.2, -0.15) is 8.42 Å². The zero-order valence-corrected chi connectivity index (χ0v) is 10.3. The van der Waals surface area contributed by atoms with Crippen molar-refractivity contribution in [3.8, 4) is 0 Å². The first-order valence-electron chi connectivity index (χ1n) is 5.08. The summed E-state index contributed by atoms with van der Waals surface area (Å²) in [5.74, 6) is -1.94. The van der Waals surface area contributed by atoms with Gasteiger partial charge in [-0.3, -0.25) is 9.78 Å². The Morgan fingerprint density at radius 2 is 1.95 bits per heavy atom. The van der Waals surface area contributed by atoms with Crippen molar-refractivity contribution < 1.29 is 17.6 Å². The van der Waals surface area contributed by atoms with E-state index >= 15 is 0 Å². The molecule has 6 nitrogen and oxygen atoms in total. The summed E-state index contributed by atoms with van der Waals surface area (Å²) < 4.78 is 38.6. The minimum absolute atomic E-state index is 0.0439. The van der Waals surface area contributed by atoms with Gasteiger partial charge in [0.1, 0.15) is 0 Å². The molecule has 0 spiro atoms. The van der Waals surface area contributed by atoms with Gasteiger partial charge in [0.25, 0.3) is 15.9 Å². The van der Waals surface area contributed by atoms with E-state index < -0.39 is 26.8 Å². The molecule has 19 heavy (non-hydrogen) atoms. The molecule has 0 aliphatic heterocycles. The number of aromatic nitrogens is 2. The van der Waals surface area contributed by atoms with E-state index in [0.29, 0.717) is 0 Å². The van der Waals surface area contributed by atoms with Crippen LogP contribution in [0.1, 0.15) is 10.4 Å². The number of hydrogen-bond donors (Lipinski definition) is 1. The largest absolute Gasteiger partial charge is 0.284 e. The van der Waals surface area contributed by atoms with Crippen LogP contribution < -0.4 is 4.72 Å². The van der Waals surface area contributed by atoms with Crippen LogP contribution in [0.4, 0.5) is 4.39 Å². The highest BCUT2D eigenvalue weighted by molar-refractivity contribution is 7.90. The Morgan fingerprint density at radius 1 is 1.21 bits per heavy atom. The van der Waals surface area contributed by atoms with Crippen LogP contribution in [0, 0.1) is 5.82 Å². The van der Waals surface area contributed by atoms with Crippen molar-refractivity contribution in [3.05, 3.63) is 54.2 Å². The molecule has 8 heteroatoms. The molecule has 2 heterocycles. The quantitative estimate of drug-likeness (QED) is 0.896. The maximum absolute atomic E-state index is 13.3. The minimum atomic E-state index is -4.35. The van der Waals surface area contributed by atoms with E-state index in [9.17, 15) is 17.6 Å². The highest BCUT2D eigenvalue weighted by atomic mass is 32.2. The minimum Gasteiger partial charge on any atom is -0.268 e. The number of nitrogens with one attached hydrogen (secondary N) is 1. The summed E-state index contributed by atoms with van der Waals surface area (Å²) in [6, 6.07) is 5.04. The third-order valence-electron chi connectivity index (χ3n) is 2.13. The lowest BCUT2D eigenvalue weighted by molar-refractivity contribution is 0.0981. The Bertz CT molecular complexity index is 704. The van der Waals surface area contributed by atoms with Crippen molar-refractivity contribution in [1.82, 2.24) is 14.7 Å². The number of carbonyl (C=O) groups excluding carboxylic acids is 1. The number of halogens is 1. The molecule has 0 unspecified atom stereocenters. The van der Waals surface area contributed by atoms with Crippen LogP contribution in [0.3, 0.4) is 0 Å². The standard InChI is InChI=1S/C11H8FN3O3S/c12-9-4-2-6-14-11(9)19(17,18)15-10(16)8-3-1-5-13-7-8/h1-7H,(H,15,16). The summed E-state index contributed by atoms with van der Waals surface area (Å²) in [4.78, 5) is 18.7. The SMILES string of the molecule is O=C(NS(=O)(=O)c1ncccc1F)c1cccnc1. The normalized spacial score (nSPS) is 11.0. The molecule has 0 atom stereocenters. The lowest BCUT2D eigenvalue weighted by atomic mass is 10.3. The van der Waals surface area contributed by atoms with Gasteiger partial charge in [0, 0.05) is 18.6 Å². The van der Waals surface area contributed by atoms with Gasteiger partial charge in [-0.05, 0) is 24.3 Å². The fourth-order valence-electron chi connectivity index (χ4n) is 1.30. The summed E-state index contributed by atoms with van der Waals surface area (Å²) in [6.45, 7) is 0. The number of rotatable bonds is 3. The van der Waals surface area contributed by atoms with Crippen molar-refractivity contribution >= 4 is 15.9 Å². The first kappa shape index (κ1) is 13.1. The molecule has 98 valence electrons. The molecule has 0 aliphatic rings. The average Bonchev–Trinajstić information content (AvgIpc) is 2.39. The second-order valence-electron chi connectivity index (χ2n) is 3.47. The molecule has 0 radical (unpaired) electrons. The zero-order valence-electron chi connectivity index (χ0n) is 9.45. The molecule has 2 rings (SSSR count). The molecular formula is C11H8FN3O3S. The van der Waals surface area contributed by atoms with Gasteiger partial charge >= 0.3 is 0 Å². The van der Waals surface area contributed by atoms with Crippen molar-refractivity contribution in [2.24, 2.45) is 0 Å². The van der Waals surface area contributed by atoms with Crippen molar-refractivity contribution in [2.45, 2.75) is 5.03 Å². The molecule has 1 amide bonds. The van der Waals surface area contributed by atoms with Gasteiger partial charge in [0.05, 0.1) is 5.56 Å². The van der Waals surface area contributed by atoms with Crippen LogP contribution in [0.25, 0.3) is 0 Å². The monoisotopic (exact) mass is 281 g/mol. The number of hydrogen-bond acceptors (Lipinski definition) is 5. The van der Waals surface area contributed by atoms with Crippen molar-refractivity contribution in [2.75, 3.05) is 0 Å². The van der Waals surface area contributed by atoms with Gasteiger partial charge in [0.15, 0.2) is 5.82 Å². The maximum Gasteiger partial charge on any atom is 0.284 e. The molecule has 1 N–H and O–H groups in total. The predicted molar refractivity (Wildman–Crippen MR) is 63.1 cm³/mol. The highest BCUT2D eigenvalue weighted by Crippen LogP contribution is 2.10. The maximum atomic E-state index is 13.3. The Balaban J connectivity index is 2.29. The molecule has 0 bridgehead atoms. The second-order valence-corrected chi connectivity index (χ2v) is 5.06. The van der Waals surface area contributed by atoms with Crippen LogP contribution in [0.15, 0.2) is 47.9 Å². The van der Waals surface area contributed by atoms with E-state index in [1.807, 2.05) is 0 Å². The molecule has 2 aromatic rings. The molecule has 0 aliphatic carbocycles. The Kier molecular flexibility index (Phi) is 3.52. The summed E-state index contributed by atoms with van der Waals surface area (Å²) in [7, 11) is -4.35. The predicted octanol–water partition coefficient (Wildman–Crippen LogP) is 0.734. The smallest absolute Gasteiger partial charge is 0.268 e. The lowest BCUT2D eigenvalue weighted by Gasteiger charge is -2.06. The van der Waals surface area contributed by atoms with E-state index in [1.165, 1.54) is 30.6 Å². The van der Waals surface area contributed by atoms with Crippen LogP contribution >= 0.6 is 0 Å². The number of carbonyl (C=O) groups is 1. The number of pyridine rings is 2. The van der Waals surface area contributed by atoms with Crippen LogP contribution in [0.2, 0.25) is 0 Å². The Morgan fingerprint density at radius 3 is 2.58 bits per heavy atom. The lowest BCUT2D eigenvalue weighted by Crippen LogP contribution is -2.31. The molecular weight excluding hydrogens is 273 g/mol.